The van der Waals surface area contributed by atoms with E-state index in [1.807, 2.05) is 0 Å². The Morgan fingerprint density at radius 2 is 1.88 bits per heavy atom. The van der Waals surface area contributed by atoms with E-state index in [2.05, 4.69) is 15.6 Å². The molecule has 0 spiro atoms. The fraction of sp³-hybridized carbons (Fsp3) is 0.476. The minimum Gasteiger partial charge on any atom is -0.385 e. The standard InChI is InChI=1S/C21H27F3N4O4S/c1-31-10-4-8-25-19(29)17-14-33-18(27-17)13-28(9-5-11-32-2)20(30)26-16-7-3-6-15(12-16)21(22,23)24/h3,6-7,12,14H,4-5,8-11,13H2,1-2H3,(H,25,29)(H,26,30). The molecule has 0 atom stereocenters. The summed E-state index contributed by atoms with van der Waals surface area (Å²) in [6, 6.07) is 3.85. The zero-order valence-electron chi connectivity index (χ0n) is 18.4. The first-order valence-electron chi connectivity index (χ1n) is 10.2. The van der Waals surface area contributed by atoms with E-state index >= 15 is 0 Å². The summed E-state index contributed by atoms with van der Waals surface area (Å²) in [6.07, 6.45) is -3.33. The Kier molecular flexibility index (Phi) is 10.6. The molecule has 0 saturated heterocycles. The van der Waals surface area contributed by atoms with Crippen molar-refractivity contribution in [2.75, 3.05) is 45.8 Å². The number of hydrogen-bond acceptors (Lipinski definition) is 6. The van der Waals surface area contributed by atoms with Crippen molar-refractivity contribution in [2.45, 2.75) is 25.6 Å². The molecule has 0 aliphatic rings. The van der Waals surface area contributed by atoms with Gasteiger partial charge in [0.15, 0.2) is 0 Å². The summed E-state index contributed by atoms with van der Waals surface area (Å²) < 4.78 is 48.8. The zero-order valence-corrected chi connectivity index (χ0v) is 19.2. The maximum atomic E-state index is 13.0. The largest absolute Gasteiger partial charge is 0.416 e. The van der Waals surface area contributed by atoms with Crippen LogP contribution in [0.2, 0.25) is 0 Å². The van der Waals surface area contributed by atoms with Gasteiger partial charge in [-0.05, 0) is 31.0 Å². The number of amides is 3. The van der Waals surface area contributed by atoms with Crippen LogP contribution < -0.4 is 10.6 Å². The van der Waals surface area contributed by atoms with Gasteiger partial charge >= 0.3 is 12.2 Å². The molecule has 1 aromatic heterocycles. The molecular weight excluding hydrogens is 461 g/mol. The number of aromatic nitrogens is 1. The monoisotopic (exact) mass is 488 g/mol. The van der Waals surface area contributed by atoms with E-state index in [4.69, 9.17) is 9.47 Å². The van der Waals surface area contributed by atoms with E-state index in [1.54, 1.807) is 12.5 Å². The number of anilines is 1. The van der Waals surface area contributed by atoms with Crippen LogP contribution >= 0.6 is 11.3 Å². The Labute approximate surface area is 194 Å². The summed E-state index contributed by atoms with van der Waals surface area (Å²) in [5.74, 6) is -0.326. The van der Waals surface area contributed by atoms with Crippen LogP contribution in [0, 0.1) is 0 Å². The Morgan fingerprint density at radius 3 is 2.58 bits per heavy atom. The van der Waals surface area contributed by atoms with E-state index in [9.17, 15) is 22.8 Å². The molecule has 0 unspecified atom stereocenters. The van der Waals surface area contributed by atoms with E-state index < -0.39 is 17.8 Å². The molecular formula is C21H27F3N4O4S. The molecule has 2 N–H and O–H groups in total. The van der Waals surface area contributed by atoms with Gasteiger partial charge in [0.05, 0.1) is 12.1 Å². The van der Waals surface area contributed by atoms with Crippen molar-refractivity contribution in [3.8, 4) is 0 Å². The van der Waals surface area contributed by atoms with E-state index in [1.165, 1.54) is 35.5 Å². The number of ether oxygens (including phenoxy) is 2. The zero-order chi connectivity index (χ0) is 24.3. The van der Waals surface area contributed by atoms with E-state index in [0.717, 1.165) is 12.1 Å². The van der Waals surface area contributed by atoms with Crippen LogP contribution in [-0.4, -0.2) is 62.3 Å². The third kappa shape index (κ3) is 8.98. The molecule has 0 fully saturated rings. The highest BCUT2D eigenvalue weighted by Crippen LogP contribution is 2.30. The average molecular weight is 489 g/mol. The fourth-order valence-corrected chi connectivity index (χ4v) is 3.58. The molecule has 182 valence electrons. The second-order valence-electron chi connectivity index (χ2n) is 7.01. The molecule has 1 aromatic carbocycles. The minimum absolute atomic E-state index is 0.0295. The highest BCUT2D eigenvalue weighted by Gasteiger charge is 2.30. The first kappa shape index (κ1) is 26.6. The van der Waals surface area contributed by atoms with Gasteiger partial charge in [-0.15, -0.1) is 11.3 Å². The van der Waals surface area contributed by atoms with E-state index in [0.29, 0.717) is 37.6 Å². The molecule has 12 heteroatoms. The number of carbonyl (C=O) groups excluding carboxylic acids is 2. The van der Waals surface area contributed by atoms with Crippen molar-refractivity contribution in [3.05, 3.63) is 45.9 Å². The number of alkyl halides is 3. The lowest BCUT2D eigenvalue weighted by Gasteiger charge is -2.22. The van der Waals surface area contributed by atoms with Gasteiger partial charge in [-0.1, -0.05) is 6.07 Å². The predicted octanol–water partition coefficient (Wildman–Crippen LogP) is 4.00. The molecule has 33 heavy (non-hydrogen) atoms. The third-order valence-electron chi connectivity index (χ3n) is 4.43. The van der Waals surface area contributed by atoms with Crippen LogP contribution in [0.25, 0.3) is 0 Å². The highest BCUT2D eigenvalue weighted by molar-refractivity contribution is 7.09. The average Bonchev–Trinajstić information content (AvgIpc) is 3.24. The van der Waals surface area contributed by atoms with Gasteiger partial charge in [0.2, 0.25) is 0 Å². The maximum absolute atomic E-state index is 13.0. The smallest absolute Gasteiger partial charge is 0.385 e. The fourth-order valence-electron chi connectivity index (χ4n) is 2.79. The molecule has 0 radical (unpaired) electrons. The van der Waals surface area contributed by atoms with Crippen LogP contribution in [0.3, 0.4) is 0 Å². The summed E-state index contributed by atoms with van der Waals surface area (Å²) in [5, 5.41) is 7.36. The summed E-state index contributed by atoms with van der Waals surface area (Å²) in [5.41, 5.74) is -0.586. The van der Waals surface area contributed by atoms with Gasteiger partial charge in [-0.3, -0.25) is 4.79 Å². The number of benzene rings is 1. The number of carbonyl (C=O) groups is 2. The van der Waals surface area contributed by atoms with Crippen LogP contribution in [0.4, 0.5) is 23.7 Å². The molecule has 8 nitrogen and oxygen atoms in total. The highest BCUT2D eigenvalue weighted by atomic mass is 32.1. The molecule has 0 saturated carbocycles. The van der Waals surface area contributed by atoms with Gasteiger partial charge in [0.25, 0.3) is 5.91 Å². The molecule has 0 aliphatic heterocycles. The van der Waals surface area contributed by atoms with Crippen molar-refractivity contribution in [3.63, 3.8) is 0 Å². The summed E-state index contributed by atoms with van der Waals surface area (Å²) >= 11 is 1.22. The topological polar surface area (TPSA) is 92.8 Å². The molecule has 2 rings (SSSR count). The van der Waals surface area contributed by atoms with Crippen molar-refractivity contribution < 1.29 is 32.2 Å². The summed E-state index contributed by atoms with van der Waals surface area (Å²) in [6.45, 7) is 1.76. The van der Waals surface area contributed by atoms with Crippen LogP contribution in [-0.2, 0) is 22.2 Å². The molecule has 3 amide bonds. The predicted molar refractivity (Wildman–Crippen MR) is 118 cm³/mol. The van der Waals surface area contributed by atoms with Crippen LogP contribution in [0.15, 0.2) is 29.6 Å². The second-order valence-corrected chi connectivity index (χ2v) is 7.95. The first-order valence-corrected chi connectivity index (χ1v) is 11.1. The number of urea groups is 1. The van der Waals surface area contributed by atoms with E-state index in [-0.39, 0.29) is 30.4 Å². The lowest BCUT2D eigenvalue weighted by atomic mass is 10.2. The second kappa shape index (κ2) is 13.1. The quantitative estimate of drug-likeness (QED) is 0.441. The maximum Gasteiger partial charge on any atom is 0.416 e. The summed E-state index contributed by atoms with van der Waals surface area (Å²) in [4.78, 5) is 30.7. The van der Waals surface area contributed by atoms with Gasteiger partial charge in [0, 0.05) is 51.6 Å². The molecule has 2 aromatic rings. The molecule has 0 bridgehead atoms. The number of thiazole rings is 1. The lowest BCUT2D eigenvalue weighted by Crippen LogP contribution is -2.35. The third-order valence-corrected chi connectivity index (χ3v) is 5.26. The van der Waals surface area contributed by atoms with Crippen LogP contribution in [0.5, 0.6) is 0 Å². The van der Waals surface area contributed by atoms with Gasteiger partial charge < -0.3 is 25.0 Å². The summed E-state index contributed by atoms with van der Waals surface area (Å²) in [7, 11) is 3.11. The van der Waals surface area contributed by atoms with Crippen molar-refractivity contribution in [2.24, 2.45) is 0 Å². The number of nitrogens with zero attached hydrogens (tertiary/aromatic N) is 2. The molecule has 0 aliphatic carbocycles. The lowest BCUT2D eigenvalue weighted by molar-refractivity contribution is -0.137. The van der Waals surface area contributed by atoms with Crippen LogP contribution in [0.1, 0.15) is 33.9 Å². The Balaban J connectivity index is 2.05. The number of nitrogens with one attached hydrogen (secondary N) is 2. The van der Waals surface area contributed by atoms with Gasteiger partial charge in [-0.2, -0.15) is 13.2 Å². The minimum atomic E-state index is -4.51. The molecule has 1 heterocycles. The first-order chi connectivity index (χ1) is 15.7. The number of methoxy groups -OCH3 is 2. The Morgan fingerprint density at radius 1 is 1.15 bits per heavy atom. The number of rotatable bonds is 12. The number of halogens is 3. The van der Waals surface area contributed by atoms with Crippen molar-refractivity contribution in [1.82, 2.24) is 15.2 Å². The SMILES string of the molecule is COCCCNC(=O)c1csc(CN(CCCOC)C(=O)Nc2cccc(C(F)(F)F)c2)n1. The normalized spacial score (nSPS) is 11.3. The Hall–Kier alpha value is -2.70. The van der Waals surface area contributed by atoms with Gasteiger partial charge in [-0.25, -0.2) is 9.78 Å². The van der Waals surface area contributed by atoms with Crippen molar-refractivity contribution in [1.29, 1.82) is 0 Å². The van der Waals surface area contributed by atoms with Crippen molar-refractivity contribution >= 4 is 29.0 Å². The number of hydrogen-bond donors (Lipinski definition) is 2. The van der Waals surface area contributed by atoms with Gasteiger partial charge in [0.1, 0.15) is 10.7 Å². The Bertz CT molecular complexity index is 908.